The van der Waals surface area contributed by atoms with Crippen LogP contribution in [0.2, 0.25) is 0 Å². The molecule has 0 saturated carbocycles. The van der Waals surface area contributed by atoms with E-state index in [1.54, 1.807) is 7.11 Å². The number of benzene rings is 2. The molecule has 20 heavy (non-hydrogen) atoms. The second-order valence-corrected chi connectivity index (χ2v) is 5.67. The normalized spacial score (nSPS) is 15.5. The molecule has 0 fully saturated rings. The van der Waals surface area contributed by atoms with Gasteiger partial charge in [-0.1, -0.05) is 28.1 Å². The molecule has 0 aliphatic heterocycles. The van der Waals surface area contributed by atoms with Crippen LogP contribution < -0.4 is 4.74 Å². The molecule has 2 aromatic carbocycles. The van der Waals surface area contributed by atoms with Crippen molar-refractivity contribution < 1.29 is 9.53 Å². The molecule has 0 N–H and O–H groups in total. The third-order valence-corrected chi connectivity index (χ3v) is 3.97. The zero-order chi connectivity index (χ0) is 14.1. The number of halogens is 1. The van der Waals surface area contributed by atoms with Crippen LogP contribution in [-0.4, -0.2) is 12.9 Å². The van der Waals surface area contributed by atoms with Crippen LogP contribution in [0.3, 0.4) is 0 Å². The van der Waals surface area contributed by atoms with E-state index in [0.29, 0.717) is 6.42 Å². The topological polar surface area (TPSA) is 26.3 Å². The van der Waals surface area contributed by atoms with Gasteiger partial charge in [-0.15, -0.1) is 0 Å². The van der Waals surface area contributed by atoms with Crippen LogP contribution in [0.4, 0.5) is 0 Å². The van der Waals surface area contributed by atoms with Crippen molar-refractivity contribution in [1.82, 2.24) is 0 Å². The SMILES string of the molecule is COc1ccc2c(c1)CC(=Cc1ccc(Br)cc1)C2=O. The highest BCUT2D eigenvalue weighted by Gasteiger charge is 2.24. The number of ether oxygens (including phenoxy) is 1. The van der Waals surface area contributed by atoms with Crippen LogP contribution in [0.5, 0.6) is 5.75 Å². The predicted octanol–water partition coefficient (Wildman–Crippen LogP) is 4.28. The Bertz CT molecular complexity index is 699. The fourth-order valence-corrected chi connectivity index (χ4v) is 2.66. The van der Waals surface area contributed by atoms with Gasteiger partial charge in [0.05, 0.1) is 7.11 Å². The van der Waals surface area contributed by atoms with E-state index >= 15 is 0 Å². The van der Waals surface area contributed by atoms with Gasteiger partial charge < -0.3 is 4.74 Å². The predicted molar refractivity (Wildman–Crippen MR) is 83.1 cm³/mol. The summed E-state index contributed by atoms with van der Waals surface area (Å²) in [4.78, 5) is 12.3. The summed E-state index contributed by atoms with van der Waals surface area (Å²) < 4.78 is 6.24. The second-order valence-electron chi connectivity index (χ2n) is 4.75. The van der Waals surface area contributed by atoms with Crippen molar-refractivity contribution in [3.63, 3.8) is 0 Å². The number of ketones is 1. The highest BCUT2D eigenvalue weighted by atomic mass is 79.9. The van der Waals surface area contributed by atoms with E-state index in [0.717, 1.165) is 32.5 Å². The van der Waals surface area contributed by atoms with Crippen LogP contribution in [0.1, 0.15) is 21.5 Å². The Kier molecular flexibility index (Phi) is 3.45. The molecule has 3 rings (SSSR count). The molecule has 0 spiro atoms. The smallest absolute Gasteiger partial charge is 0.189 e. The summed E-state index contributed by atoms with van der Waals surface area (Å²) in [5.74, 6) is 0.909. The van der Waals surface area contributed by atoms with Gasteiger partial charge in [0.25, 0.3) is 0 Å². The van der Waals surface area contributed by atoms with Crippen LogP contribution in [0, 0.1) is 0 Å². The van der Waals surface area contributed by atoms with E-state index in [2.05, 4.69) is 15.9 Å². The molecule has 1 aliphatic rings. The lowest BCUT2D eigenvalue weighted by Gasteiger charge is -2.01. The van der Waals surface area contributed by atoms with Gasteiger partial charge in [-0.2, -0.15) is 0 Å². The van der Waals surface area contributed by atoms with Crippen LogP contribution in [0.15, 0.2) is 52.5 Å². The summed E-state index contributed by atoms with van der Waals surface area (Å²) in [5.41, 5.74) is 3.69. The molecule has 0 unspecified atom stereocenters. The van der Waals surface area contributed by atoms with Gasteiger partial charge in [0.2, 0.25) is 0 Å². The van der Waals surface area contributed by atoms with Crippen molar-refractivity contribution >= 4 is 27.8 Å². The first-order valence-corrected chi connectivity index (χ1v) is 7.14. The number of allylic oxidation sites excluding steroid dienone is 1. The van der Waals surface area contributed by atoms with Crippen molar-refractivity contribution in [2.45, 2.75) is 6.42 Å². The van der Waals surface area contributed by atoms with Crippen LogP contribution in [-0.2, 0) is 6.42 Å². The molecule has 100 valence electrons. The summed E-state index contributed by atoms with van der Waals surface area (Å²) in [6, 6.07) is 13.6. The van der Waals surface area contributed by atoms with Crippen molar-refractivity contribution in [1.29, 1.82) is 0 Å². The first kappa shape index (κ1) is 13.1. The van der Waals surface area contributed by atoms with Crippen molar-refractivity contribution in [3.05, 3.63) is 69.2 Å². The van der Waals surface area contributed by atoms with E-state index in [1.165, 1.54) is 0 Å². The van der Waals surface area contributed by atoms with E-state index in [-0.39, 0.29) is 5.78 Å². The van der Waals surface area contributed by atoms with Gasteiger partial charge in [-0.05, 0) is 47.5 Å². The van der Waals surface area contributed by atoms with E-state index < -0.39 is 0 Å². The van der Waals surface area contributed by atoms with Crippen LogP contribution >= 0.6 is 15.9 Å². The Morgan fingerprint density at radius 3 is 2.60 bits per heavy atom. The highest BCUT2D eigenvalue weighted by Crippen LogP contribution is 2.30. The number of hydrogen-bond acceptors (Lipinski definition) is 2. The summed E-state index contributed by atoms with van der Waals surface area (Å²) >= 11 is 3.41. The van der Waals surface area contributed by atoms with Crippen LogP contribution in [0.25, 0.3) is 6.08 Å². The molecule has 3 heteroatoms. The zero-order valence-corrected chi connectivity index (χ0v) is 12.6. The molecule has 0 heterocycles. The number of rotatable bonds is 2. The average molecular weight is 329 g/mol. The fourth-order valence-electron chi connectivity index (χ4n) is 2.40. The second kappa shape index (κ2) is 5.25. The Balaban J connectivity index is 1.94. The lowest BCUT2D eigenvalue weighted by atomic mass is 10.1. The van der Waals surface area contributed by atoms with Gasteiger partial charge in [-0.3, -0.25) is 4.79 Å². The van der Waals surface area contributed by atoms with Crippen molar-refractivity contribution in [3.8, 4) is 5.75 Å². The lowest BCUT2D eigenvalue weighted by Crippen LogP contribution is -1.95. The van der Waals surface area contributed by atoms with Crippen molar-refractivity contribution in [2.75, 3.05) is 7.11 Å². The zero-order valence-electron chi connectivity index (χ0n) is 11.0. The van der Waals surface area contributed by atoms with E-state index in [1.807, 2.05) is 48.5 Å². The Morgan fingerprint density at radius 2 is 1.90 bits per heavy atom. The Morgan fingerprint density at radius 1 is 1.15 bits per heavy atom. The quantitative estimate of drug-likeness (QED) is 0.769. The van der Waals surface area contributed by atoms with Gasteiger partial charge in [0, 0.05) is 22.0 Å². The number of carbonyl (C=O) groups is 1. The molecule has 0 amide bonds. The molecule has 0 atom stereocenters. The maximum atomic E-state index is 12.3. The van der Waals surface area contributed by atoms with Gasteiger partial charge >= 0.3 is 0 Å². The number of Topliss-reactive ketones (excluding diaryl/α,β-unsaturated/α-hetero) is 1. The molecule has 0 radical (unpaired) electrons. The van der Waals surface area contributed by atoms with E-state index in [9.17, 15) is 4.79 Å². The van der Waals surface area contributed by atoms with Gasteiger partial charge in [0.1, 0.15) is 5.75 Å². The fraction of sp³-hybridized carbons (Fsp3) is 0.118. The molecule has 2 aromatic rings. The molecule has 1 aliphatic carbocycles. The molecule has 2 nitrogen and oxygen atoms in total. The summed E-state index contributed by atoms with van der Waals surface area (Å²) in [6.07, 6.45) is 2.63. The van der Waals surface area contributed by atoms with Gasteiger partial charge in [-0.25, -0.2) is 0 Å². The maximum absolute atomic E-state index is 12.3. The minimum atomic E-state index is 0.116. The highest BCUT2D eigenvalue weighted by molar-refractivity contribution is 9.10. The first-order chi connectivity index (χ1) is 9.67. The summed E-state index contributed by atoms with van der Waals surface area (Å²) in [6.45, 7) is 0. The van der Waals surface area contributed by atoms with Gasteiger partial charge in [0.15, 0.2) is 5.78 Å². The number of hydrogen-bond donors (Lipinski definition) is 0. The molecule has 0 bridgehead atoms. The van der Waals surface area contributed by atoms with Crippen molar-refractivity contribution in [2.24, 2.45) is 0 Å². The number of fused-ring (bicyclic) bond motifs is 1. The minimum absolute atomic E-state index is 0.116. The lowest BCUT2D eigenvalue weighted by molar-refractivity contribution is 0.104. The third kappa shape index (κ3) is 2.41. The Hall–Kier alpha value is -1.87. The minimum Gasteiger partial charge on any atom is -0.497 e. The molecule has 0 saturated heterocycles. The molecular weight excluding hydrogens is 316 g/mol. The average Bonchev–Trinajstić information content (AvgIpc) is 2.77. The first-order valence-electron chi connectivity index (χ1n) is 6.35. The standard InChI is InChI=1S/C17H13BrO2/c1-20-15-6-7-16-12(10-15)9-13(17(16)19)8-11-2-4-14(18)5-3-11/h2-8,10H,9H2,1H3. The third-order valence-electron chi connectivity index (χ3n) is 3.44. The molecular formula is C17H13BrO2. The molecule has 0 aromatic heterocycles. The Labute approximate surface area is 126 Å². The number of carbonyl (C=O) groups excluding carboxylic acids is 1. The maximum Gasteiger partial charge on any atom is 0.189 e. The largest absolute Gasteiger partial charge is 0.497 e. The van der Waals surface area contributed by atoms with E-state index in [4.69, 9.17) is 4.74 Å². The number of methoxy groups -OCH3 is 1. The monoisotopic (exact) mass is 328 g/mol. The summed E-state index contributed by atoms with van der Waals surface area (Å²) in [5, 5.41) is 0. The summed E-state index contributed by atoms with van der Waals surface area (Å²) in [7, 11) is 1.64.